The Kier molecular flexibility index (Phi) is 4.47. The number of nitrogens with zero attached hydrogens (tertiary/aromatic N) is 1. The van der Waals surface area contributed by atoms with E-state index in [1.807, 2.05) is 0 Å². The molecule has 0 aliphatic heterocycles. The molecule has 7 heteroatoms. The van der Waals surface area contributed by atoms with Crippen LogP contribution in [0.25, 0.3) is 0 Å². The lowest BCUT2D eigenvalue weighted by molar-refractivity contribution is -0.385. The molecule has 0 radical (unpaired) electrons. The molecule has 112 valence electrons. The summed E-state index contributed by atoms with van der Waals surface area (Å²) in [6.45, 7) is 0. The van der Waals surface area contributed by atoms with Crippen molar-refractivity contribution in [3.8, 4) is 5.75 Å². The number of carbonyl (C=O) groups is 2. The van der Waals surface area contributed by atoms with Gasteiger partial charge >= 0.3 is 11.9 Å². The first-order chi connectivity index (χ1) is 10.5. The number of esters is 2. The number of methoxy groups -OCH3 is 1. The third kappa shape index (κ3) is 3.26. The zero-order chi connectivity index (χ0) is 16.1. The van der Waals surface area contributed by atoms with Gasteiger partial charge in [-0.05, 0) is 30.3 Å². The number of ether oxygens (including phenoxy) is 2. The fraction of sp³-hybridized carbons (Fsp3) is 0.0667. The summed E-state index contributed by atoms with van der Waals surface area (Å²) < 4.78 is 9.61. The number of para-hydroxylation sites is 1. The molecule has 0 spiro atoms. The Labute approximate surface area is 125 Å². The lowest BCUT2D eigenvalue weighted by Gasteiger charge is -2.05. The molecular formula is C15H11NO6. The van der Waals surface area contributed by atoms with Gasteiger partial charge in [-0.15, -0.1) is 0 Å². The largest absolute Gasteiger partial charge is 0.465 e. The first-order valence-corrected chi connectivity index (χ1v) is 6.17. The van der Waals surface area contributed by atoms with E-state index in [1.54, 1.807) is 0 Å². The Hall–Kier alpha value is -3.22. The van der Waals surface area contributed by atoms with Crippen molar-refractivity contribution in [1.29, 1.82) is 0 Å². The molecule has 0 fully saturated rings. The second kappa shape index (κ2) is 6.49. The van der Waals surface area contributed by atoms with Gasteiger partial charge in [0.2, 0.25) is 0 Å². The van der Waals surface area contributed by atoms with Crippen molar-refractivity contribution in [2.45, 2.75) is 0 Å². The fourth-order valence-corrected chi connectivity index (χ4v) is 1.74. The summed E-state index contributed by atoms with van der Waals surface area (Å²) in [4.78, 5) is 33.5. The second-order valence-corrected chi connectivity index (χ2v) is 4.18. The number of hydrogen-bond acceptors (Lipinski definition) is 6. The highest BCUT2D eigenvalue weighted by molar-refractivity contribution is 5.95. The summed E-state index contributed by atoms with van der Waals surface area (Å²) in [7, 11) is 1.25. The van der Waals surface area contributed by atoms with Crippen LogP contribution in [-0.4, -0.2) is 24.0 Å². The summed E-state index contributed by atoms with van der Waals surface area (Å²) in [5, 5.41) is 10.9. The number of nitro benzene ring substituents is 1. The van der Waals surface area contributed by atoms with E-state index in [1.165, 1.54) is 55.6 Å². The van der Waals surface area contributed by atoms with Crippen molar-refractivity contribution in [3.63, 3.8) is 0 Å². The Morgan fingerprint density at radius 3 is 2.23 bits per heavy atom. The van der Waals surface area contributed by atoms with Crippen LogP contribution >= 0.6 is 0 Å². The number of nitro groups is 1. The summed E-state index contributed by atoms with van der Waals surface area (Å²) in [6.07, 6.45) is 0. The molecule has 0 N–H and O–H groups in total. The van der Waals surface area contributed by atoms with E-state index in [2.05, 4.69) is 4.74 Å². The second-order valence-electron chi connectivity index (χ2n) is 4.18. The maximum absolute atomic E-state index is 12.0. The third-order valence-electron chi connectivity index (χ3n) is 2.81. The molecule has 0 aromatic heterocycles. The maximum Gasteiger partial charge on any atom is 0.350 e. The molecule has 0 aliphatic rings. The van der Waals surface area contributed by atoms with Crippen molar-refractivity contribution in [2.75, 3.05) is 7.11 Å². The van der Waals surface area contributed by atoms with Crippen molar-refractivity contribution < 1.29 is 24.0 Å². The van der Waals surface area contributed by atoms with Crippen LogP contribution in [0.4, 0.5) is 5.69 Å². The monoisotopic (exact) mass is 301 g/mol. The van der Waals surface area contributed by atoms with Crippen molar-refractivity contribution in [3.05, 3.63) is 69.8 Å². The van der Waals surface area contributed by atoms with E-state index in [-0.39, 0.29) is 17.0 Å². The van der Waals surface area contributed by atoms with Gasteiger partial charge in [0.05, 0.1) is 17.6 Å². The average Bonchev–Trinajstić information content (AvgIpc) is 2.54. The lowest BCUT2D eigenvalue weighted by Crippen LogP contribution is -2.11. The summed E-state index contributed by atoms with van der Waals surface area (Å²) in [5.41, 5.74) is -0.184. The quantitative estimate of drug-likeness (QED) is 0.373. The molecule has 2 rings (SSSR count). The number of benzene rings is 2. The fourth-order valence-electron chi connectivity index (χ4n) is 1.74. The minimum atomic E-state index is -0.849. The molecule has 0 saturated carbocycles. The molecule has 0 atom stereocenters. The van der Waals surface area contributed by atoms with Gasteiger partial charge < -0.3 is 9.47 Å². The van der Waals surface area contributed by atoms with Crippen molar-refractivity contribution in [1.82, 2.24) is 0 Å². The Morgan fingerprint density at radius 1 is 1.00 bits per heavy atom. The average molecular weight is 301 g/mol. The van der Waals surface area contributed by atoms with Crippen LogP contribution in [-0.2, 0) is 4.74 Å². The van der Waals surface area contributed by atoms with Crippen LogP contribution in [0.1, 0.15) is 20.7 Å². The van der Waals surface area contributed by atoms with Gasteiger partial charge in [0.15, 0.2) is 0 Å². The zero-order valence-corrected chi connectivity index (χ0v) is 11.5. The maximum atomic E-state index is 12.0. The molecule has 0 heterocycles. The van der Waals surface area contributed by atoms with E-state index in [0.717, 1.165) is 0 Å². The summed E-state index contributed by atoms with van der Waals surface area (Å²) >= 11 is 0. The van der Waals surface area contributed by atoms with Crippen LogP contribution in [0.15, 0.2) is 48.5 Å². The van der Waals surface area contributed by atoms with Gasteiger partial charge in [-0.3, -0.25) is 10.1 Å². The Bertz CT molecular complexity index is 723. The highest BCUT2D eigenvalue weighted by atomic mass is 16.6. The highest BCUT2D eigenvalue weighted by Crippen LogP contribution is 2.21. The molecule has 0 bridgehead atoms. The van der Waals surface area contributed by atoms with Gasteiger partial charge in [-0.25, -0.2) is 9.59 Å². The molecule has 0 saturated heterocycles. The predicted octanol–water partition coefficient (Wildman–Crippen LogP) is 2.60. The standard InChI is InChI=1S/C15H11NO6/c1-21-14(17)10-6-8-11(9-7-10)22-15(18)12-4-2-3-5-13(12)16(19)20/h2-9H,1H3. The van der Waals surface area contributed by atoms with E-state index in [9.17, 15) is 19.7 Å². The first-order valence-electron chi connectivity index (χ1n) is 6.17. The third-order valence-corrected chi connectivity index (χ3v) is 2.81. The van der Waals surface area contributed by atoms with E-state index in [4.69, 9.17) is 4.74 Å². The minimum absolute atomic E-state index is 0.149. The molecular weight excluding hydrogens is 290 g/mol. The molecule has 0 unspecified atom stereocenters. The predicted molar refractivity (Wildman–Crippen MR) is 75.8 cm³/mol. The molecule has 0 amide bonds. The Balaban J connectivity index is 2.19. The van der Waals surface area contributed by atoms with E-state index < -0.39 is 16.9 Å². The van der Waals surface area contributed by atoms with E-state index >= 15 is 0 Å². The summed E-state index contributed by atoms with van der Waals surface area (Å²) in [5.74, 6) is -1.20. The van der Waals surface area contributed by atoms with E-state index in [0.29, 0.717) is 5.56 Å². The molecule has 2 aromatic rings. The topological polar surface area (TPSA) is 95.7 Å². The van der Waals surface area contributed by atoms with Crippen LogP contribution < -0.4 is 4.74 Å². The van der Waals surface area contributed by atoms with Crippen molar-refractivity contribution >= 4 is 17.6 Å². The van der Waals surface area contributed by atoms with Crippen LogP contribution in [0.2, 0.25) is 0 Å². The van der Waals surface area contributed by atoms with Crippen molar-refractivity contribution in [2.24, 2.45) is 0 Å². The number of carbonyl (C=O) groups excluding carboxylic acids is 2. The zero-order valence-electron chi connectivity index (χ0n) is 11.5. The lowest BCUT2D eigenvalue weighted by atomic mass is 10.2. The van der Waals surface area contributed by atoms with Crippen LogP contribution in [0, 0.1) is 10.1 Å². The molecule has 0 aliphatic carbocycles. The Morgan fingerprint density at radius 2 is 1.64 bits per heavy atom. The molecule has 22 heavy (non-hydrogen) atoms. The number of hydrogen-bond donors (Lipinski definition) is 0. The summed E-state index contributed by atoms with van der Waals surface area (Å²) in [6, 6.07) is 11.1. The first kappa shape index (κ1) is 15.2. The molecule has 7 nitrogen and oxygen atoms in total. The van der Waals surface area contributed by atoms with Gasteiger partial charge in [-0.1, -0.05) is 12.1 Å². The van der Waals surface area contributed by atoms with Crippen LogP contribution in [0.3, 0.4) is 0 Å². The van der Waals surface area contributed by atoms with Gasteiger partial charge in [0, 0.05) is 6.07 Å². The smallest absolute Gasteiger partial charge is 0.350 e. The highest BCUT2D eigenvalue weighted by Gasteiger charge is 2.21. The van der Waals surface area contributed by atoms with Gasteiger partial charge in [0.25, 0.3) is 5.69 Å². The minimum Gasteiger partial charge on any atom is -0.465 e. The number of rotatable bonds is 4. The van der Waals surface area contributed by atoms with Crippen LogP contribution in [0.5, 0.6) is 5.75 Å². The van der Waals surface area contributed by atoms with Gasteiger partial charge in [-0.2, -0.15) is 0 Å². The molecule has 2 aromatic carbocycles. The van der Waals surface area contributed by atoms with Gasteiger partial charge in [0.1, 0.15) is 11.3 Å². The normalized spacial score (nSPS) is 9.86. The SMILES string of the molecule is COC(=O)c1ccc(OC(=O)c2ccccc2[N+](=O)[O-])cc1.